The summed E-state index contributed by atoms with van der Waals surface area (Å²) in [7, 11) is 1.80. The van der Waals surface area contributed by atoms with E-state index in [9.17, 15) is 17.6 Å². The van der Waals surface area contributed by atoms with Gasteiger partial charge in [-0.15, -0.1) is 0 Å². The summed E-state index contributed by atoms with van der Waals surface area (Å²) in [4.78, 5) is 1.87. The summed E-state index contributed by atoms with van der Waals surface area (Å²) in [6.07, 6.45) is 0.507. The Hall–Kier alpha value is -1.10. The van der Waals surface area contributed by atoms with Crippen molar-refractivity contribution in [2.75, 3.05) is 20.1 Å². The highest BCUT2D eigenvalue weighted by atomic mass is 19.2. The smallest absolute Gasteiger partial charge is 0.165 e. The van der Waals surface area contributed by atoms with Crippen molar-refractivity contribution < 1.29 is 17.6 Å². The fourth-order valence-electron chi connectivity index (χ4n) is 2.12. The Morgan fingerprint density at radius 3 is 2.12 bits per heavy atom. The van der Waals surface area contributed by atoms with Gasteiger partial charge in [0.15, 0.2) is 23.3 Å². The number of likely N-dealkylation sites (N-methyl/N-ethyl adjacent to an activating group) is 1. The van der Waals surface area contributed by atoms with Crippen LogP contribution in [-0.2, 0) is 0 Å². The van der Waals surface area contributed by atoms with E-state index in [-0.39, 0.29) is 6.07 Å². The molecule has 1 unspecified atom stereocenters. The van der Waals surface area contributed by atoms with Crippen LogP contribution < -0.4 is 0 Å². The van der Waals surface area contributed by atoms with Gasteiger partial charge in [-0.25, -0.2) is 17.6 Å². The average molecular weight is 233 g/mol. The summed E-state index contributed by atoms with van der Waals surface area (Å²) in [5.74, 6) is -5.67. The van der Waals surface area contributed by atoms with E-state index >= 15 is 0 Å². The molecule has 1 heterocycles. The summed E-state index contributed by atoms with van der Waals surface area (Å²) >= 11 is 0. The highest BCUT2D eigenvalue weighted by Gasteiger charge is 2.30. The van der Waals surface area contributed by atoms with E-state index in [4.69, 9.17) is 0 Å². The van der Waals surface area contributed by atoms with Crippen LogP contribution in [0.3, 0.4) is 0 Å². The number of likely N-dealkylation sites (tertiary alicyclic amines) is 1. The molecule has 0 aromatic heterocycles. The Balaban J connectivity index is 2.47. The second-order valence-corrected chi connectivity index (χ2v) is 4.13. The van der Waals surface area contributed by atoms with Gasteiger partial charge in [-0.05, 0) is 20.0 Å². The molecule has 0 spiro atoms. The minimum absolute atomic E-state index is 0.243. The normalized spacial score (nSPS) is 21.7. The van der Waals surface area contributed by atoms with E-state index in [2.05, 4.69) is 0 Å². The molecule has 0 bridgehead atoms. The molecule has 1 nitrogen and oxygen atoms in total. The standard InChI is InChI=1S/C11H11F4N/c1-16-3-2-6(5-16)9-10(14)7(12)4-8(13)11(9)15/h4,6H,2-3,5H2,1H3. The molecule has 1 aromatic carbocycles. The number of halogens is 4. The number of hydrogen-bond acceptors (Lipinski definition) is 1. The molecule has 1 aromatic rings. The molecule has 2 rings (SSSR count). The first-order valence-corrected chi connectivity index (χ1v) is 5.02. The van der Waals surface area contributed by atoms with Gasteiger partial charge in [0.25, 0.3) is 0 Å². The van der Waals surface area contributed by atoms with Crippen LogP contribution in [0.4, 0.5) is 17.6 Å². The lowest BCUT2D eigenvalue weighted by atomic mass is 9.97. The highest BCUT2D eigenvalue weighted by Crippen LogP contribution is 2.32. The van der Waals surface area contributed by atoms with Crippen molar-refractivity contribution in [3.05, 3.63) is 34.9 Å². The maximum Gasteiger partial charge on any atom is 0.165 e. The van der Waals surface area contributed by atoms with Crippen molar-refractivity contribution in [2.24, 2.45) is 0 Å². The molecular formula is C11H11F4N. The lowest BCUT2D eigenvalue weighted by molar-refractivity contribution is 0.397. The van der Waals surface area contributed by atoms with Gasteiger partial charge in [-0.2, -0.15) is 0 Å². The summed E-state index contributed by atoms with van der Waals surface area (Å²) in [5.41, 5.74) is -0.457. The SMILES string of the molecule is CN1CCC(c2c(F)c(F)cc(F)c2F)C1. The van der Waals surface area contributed by atoms with Gasteiger partial charge >= 0.3 is 0 Å². The molecule has 5 heteroatoms. The van der Waals surface area contributed by atoms with Crippen molar-refractivity contribution in [3.8, 4) is 0 Å². The van der Waals surface area contributed by atoms with Crippen molar-refractivity contribution in [3.63, 3.8) is 0 Å². The Morgan fingerprint density at radius 2 is 1.69 bits per heavy atom. The van der Waals surface area contributed by atoms with Crippen LogP contribution in [0, 0.1) is 23.3 Å². The summed E-state index contributed by atoms with van der Waals surface area (Å²) in [6.45, 7) is 1.08. The van der Waals surface area contributed by atoms with E-state index in [1.54, 1.807) is 7.05 Å². The molecule has 88 valence electrons. The van der Waals surface area contributed by atoms with Crippen molar-refractivity contribution in [1.29, 1.82) is 0 Å². The van der Waals surface area contributed by atoms with Gasteiger partial charge in [0.1, 0.15) is 0 Å². The average Bonchev–Trinajstić information content (AvgIpc) is 2.62. The maximum atomic E-state index is 13.4. The van der Waals surface area contributed by atoms with Gasteiger partial charge in [-0.1, -0.05) is 0 Å². The highest BCUT2D eigenvalue weighted by molar-refractivity contribution is 5.27. The maximum absolute atomic E-state index is 13.4. The lowest BCUT2D eigenvalue weighted by Crippen LogP contribution is -2.15. The van der Waals surface area contributed by atoms with Crippen LogP contribution in [-0.4, -0.2) is 25.0 Å². The van der Waals surface area contributed by atoms with Crippen molar-refractivity contribution >= 4 is 0 Å². The Kier molecular flexibility index (Phi) is 2.88. The molecule has 1 aliphatic rings. The number of benzene rings is 1. The van der Waals surface area contributed by atoms with Gasteiger partial charge in [0, 0.05) is 24.1 Å². The first-order valence-electron chi connectivity index (χ1n) is 5.02. The predicted octanol–water partition coefficient (Wildman–Crippen LogP) is 2.66. The molecule has 16 heavy (non-hydrogen) atoms. The third-order valence-electron chi connectivity index (χ3n) is 2.95. The van der Waals surface area contributed by atoms with Crippen LogP contribution in [0.1, 0.15) is 17.9 Å². The number of nitrogens with zero attached hydrogens (tertiary/aromatic N) is 1. The summed E-state index contributed by atoms with van der Waals surface area (Å²) < 4.78 is 52.8. The fourth-order valence-corrected chi connectivity index (χ4v) is 2.12. The minimum Gasteiger partial charge on any atom is -0.306 e. The van der Waals surface area contributed by atoms with E-state index in [1.807, 2.05) is 4.90 Å². The van der Waals surface area contributed by atoms with Crippen molar-refractivity contribution in [2.45, 2.75) is 12.3 Å². The zero-order chi connectivity index (χ0) is 11.9. The Bertz CT molecular complexity index is 393. The van der Waals surface area contributed by atoms with Crippen LogP contribution in [0.15, 0.2) is 6.07 Å². The third-order valence-corrected chi connectivity index (χ3v) is 2.95. The van der Waals surface area contributed by atoms with E-state index in [0.29, 0.717) is 19.5 Å². The molecule has 0 N–H and O–H groups in total. The quantitative estimate of drug-likeness (QED) is 0.532. The monoisotopic (exact) mass is 233 g/mol. The molecule has 0 saturated carbocycles. The third kappa shape index (κ3) is 1.80. The molecule has 0 amide bonds. The van der Waals surface area contributed by atoms with Gasteiger partial charge < -0.3 is 4.90 Å². The largest absolute Gasteiger partial charge is 0.306 e. The van der Waals surface area contributed by atoms with Gasteiger partial charge in [0.2, 0.25) is 0 Å². The van der Waals surface area contributed by atoms with E-state index in [0.717, 1.165) is 0 Å². The topological polar surface area (TPSA) is 3.24 Å². The van der Waals surface area contributed by atoms with Gasteiger partial charge in [0.05, 0.1) is 0 Å². The van der Waals surface area contributed by atoms with E-state index < -0.39 is 34.8 Å². The molecular weight excluding hydrogens is 222 g/mol. The molecule has 1 fully saturated rings. The Labute approximate surface area is 90.7 Å². The zero-order valence-corrected chi connectivity index (χ0v) is 8.74. The fraction of sp³-hybridized carbons (Fsp3) is 0.455. The molecule has 1 aliphatic heterocycles. The molecule has 1 atom stereocenters. The first kappa shape index (κ1) is 11.4. The summed E-state index contributed by atoms with van der Waals surface area (Å²) in [5, 5.41) is 0. The number of hydrogen-bond donors (Lipinski definition) is 0. The van der Waals surface area contributed by atoms with Crippen LogP contribution in [0.5, 0.6) is 0 Å². The summed E-state index contributed by atoms with van der Waals surface area (Å²) in [6, 6.07) is 0.243. The van der Waals surface area contributed by atoms with Crippen molar-refractivity contribution in [1.82, 2.24) is 4.90 Å². The second-order valence-electron chi connectivity index (χ2n) is 4.13. The van der Waals surface area contributed by atoms with Crippen LogP contribution in [0.25, 0.3) is 0 Å². The Morgan fingerprint density at radius 1 is 1.12 bits per heavy atom. The predicted molar refractivity (Wildman–Crippen MR) is 51.1 cm³/mol. The lowest BCUT2D eigenvalue weighted by Gasteiger charge is -2.13. The van der Waals surface area contributed by atoms with Crippen LogP contribution >= 0.6 is 0 Å². The van der Waals surface area contributed by atoms with E-state index in [1.165, 1.54) is 0 Å². The van der Waals surface area contributed by atoms with Gasteiger partial charge in [-0.3, -0.25) is 0 Å². The first-order chi connectivity index (χ1) is 7.50. The molecule has 0 radical (unpaired) electrons. The molecule has 0 aliphatic carbocycles. The number of rotatable bonds is 1. The van der Waals surface area contributed by atoms with Crippen LogP contribution in [0.2, 0.25) is 0 Å². The minimum atomic E-state index is -1.33. The second kappa shape index (κ2) is 4.05. The molecule has 1 saturated heterocycles. The zero-order valence-electron chi connectivity index (χ0n) is 8.74.